The van der Waals surface area contributed by atoms with E-state index in [1.165, 1.54) is 11.3 Å². The maximum Gasteiger partial charge on any atom is 0.265 e. The van der Waals surface area contributed by atoms with Crippen LogP contribution in [0.4, 0.5) is 5.69 Å². The molecular weight excluding hydrogens is 398 g/mol. The van der Waals surface area contributed by atoms with Crippen LogP contribution in [0.1, 0.15) is 15.4 Å². The van der Waals surface area contributed by atoms with E-state index in [0.717, 1.165) is 31.8 Å². The van der Waals surface area contributed by atoms with Gasteiger partial charge < -0.3 is 5.32 Å². The second-order valence-corrected chi connectivity index (χ2v) is 7.48. The molecule has 2 aromatic carbocycles. The molecule has 1 amide bonds. The van der Waals surface area contributed by atoms with E-state index in [0.29, 0.717) is 4.88 Å². The number of fused-ring (bicyclic) bond motifs is 1. The van der Waals surface area contributed by atoms with Gasteiger partial charge in [0.25, 0.3) is 5.91 Å². The maximum absolute atomic E-state index is 12.6. The van der Waals surface area contributed by atoms with E-state index < -0.39 is 0 Å². The molecular formula is C19H14BrN3OS. The fraction of sp³-hybridized carbons (Fsp3) is 0.0526. The van der Waals surface area contributed by atoms with Gasteiger partial charge in [0.05, 0.1) is 21.9 Å². The van der Waals surface area contributed by atoms with Gasteiger partial charge in [-0.05, 0) is 53.2 Å². The topological polar surface area (TPSA) is 46.9 Å². The lowest BCUT2D eigenvalue weighted by molar-refractivity contribution is 0.103. The van der Waals surface area contributed by atoms with Crippen molar-refractivity contribution in [2.24, 2.45) is 0 Å². The Labute approximate surface area is 157 Å². The van der Waals surface area contributed by atoms with E-state index in [2.05, 4.69) is 26.3 Å². The van der Waals surface area contributed by atoms with Crippen LogP contribution in [-0.2, 0) is 0 Å². The summed E-state index contributed by atoms with van der Waals surface area (Å²) in [5.41, 5.74) is 2.65. The van der Waals surface area contributed by atoms with Gasteiger partial charge in [0.15, 0.2) is 0 Å². The molecule has 0 saturated heterocycles. The number of nitrogens with zero attached hydrogens (tertiary/aromatic N) is 2. The van der Waals surface area contributed by atoms with Crippen molar-refractivity contribution >= 4 is 49.1 Å². The lowest BCUT2D eigenvalue weighted by Gasteiger charge is -2.05. The minimum absolute atomic E-state index is 0.118. The Morgan fingerprint density at radius 3 is 2.60 bits per heavy atom. The number of thiophene rings is 1. The highest BCUT2D eigenvalue weighted by Crippen LogP contribution is 2.31. The van der Waals surface area contributed by atoms with E-state index >= 15 is 0 Å². The van der Waals surface area contributed by atoms with Crippen molar-refractivity contribution in [3.63, 3.8) is 0 Å². The molecule has 6 heteroatoms. The standard InChI is InChI=1S/C19H14BrN3OS/c1-12-14-11-17(18(24)21-16-10-6-5-9-15(16)20)25-19(14)23(22-12)13-7-3-2-4-8-13/h2-11H,1H3,(H,21,24). The molecule has 0 atom stereocenters. The van der Waals surface area contributed by atoms with Crippen LogP contribution >= 0.6 is 27.3 Å². The van der Waals surface area contributed by atoms with Gasteiger partial charge in [-0.15, -0.1) is 11.3 Å². The van der Waals surface area contributed by atoms with E-state index in [1.54, 1.807) is 0 Å². The smallest absolute Gasteiger partial charge is 0.265 e. The Morgan fingerprint density at radius 2 is 1.84 bits per heavy atom. The number of hydrogen-bond acceptors (Lipinski definition) is 3. The molecule has 0 aliphatic carbocycles. The van der Waals surface area contributed by atoms with Gasteiger partial charge in [0, 0.05) is 9.86 Å². The van der Waals surface area contributed by atoms with Gasteiger partial charge in [-0.3, -0.25) is 4.79 Å². The molecule has 0 spiro atoms. The number of benzene rings is 2. The molecule has 0 radical (unpaired) electrons. The van der Waals surface area contributed by atoms with Gasteiger partial charge in [0.2, 0.25) is 0 Å². The van der Waals surface area contributed by atoms with E-state index in [9.17, 15) is 4.79 Å². The highest BCUT2D eigenvalue weighted by atomic mass is 79.9. The highest BCUT2D eigenvalue weighted by molar-refractivity contribution is 9.10. The van der Waals surface area contributed by atoms with Gasteiger partial charge in [0.1, 0.15) is 4.83 Å². The van der Waals surface area contributed by atoms with Crippen LogP contribution in [0.5, 0.6) is 0 Å². The molecule has 4 aromatic rings. The minimum atomic E-state index is -0.118. The third kappa shape index (κ3) is 2.99. The summed E-state index contributed by atoms with van der Waals surface area (Å²) in [5, 5.41) is 8.56. The molecule has 124 valence electrons. The average Bonchev–Trinajstić information content (AvgIpc) is 3.19. The summed E-state index contributed by atoms with van der Waals surface area (Å²) in [5.74, 6) is -0.118. The van der Waals surface area contributed by atoms with Crippen LogP contribution in [-0.4, -0.2) is 15.7 Å². The van der Waals surface area contributed by atoms with Crippen molar-refractivity contribution in [2.75, 3.05) is 5.32 Å². The number of amides is 1. The molecule has 0 aliphatic rings. The van der Waals surface area contributed by atoms with Crippen LogP contribution < -0.4 is 5.32 Å². The van der Waals surface area contributed by atoms with Gasteiger partial charge in [-0.25, -0.2) is 4.68 Å². The second-order valence-electron chi connectivity index (χ2n) is 5.60. The molecule has 25 heavy (non-hydrogen) atoms. The summed E-state index contributed by atoms with van der Waals surface area (Å²) >= 11 is 4.90. The molecule has 1 N–H and O–H groups in total. The van der Waals surface area contributed by atoms with Gasteiger partial charge >= 0.3 is 0 Å². The monoisotopic (exact) mass is 411 g/mol. The molecule has 0 unspecified atom stereocenters. The Kier molecular flexibility index (Phi) is 4.15. The number of anilines is 1. The lowest BCUT2D eigenvalue weighted by Crippen LogP contribution is -2.10. The van der Waals surface area contributed by atoms with Crippen LogP contribution in [0.2, 0.25) is 0 Å². The second kappa shape index (κ2) is 6.46. The van der Waals surface area contributed by atoms with Crippen LogP contribution in [0.25, 0.3) is 15.9 Å². The number of aryl methyl sites for hydroxylation is 1. The number of carbonyl (C=O) groups excluding carboxylic acids is 1. The number of nitrogens with one attached hydrogen (secondary N) is 1. The van der Waals surface area contributed by atoms with E-state index in [1.807, 2.05) is 72.3 Å². The first-order valence-corrected chi connectivity index (χ1v) is 9.35. The Morgan fingerprint density at radius 1 is 1.12 bits per heavy atom. The van der Waals surface area contributed by atoms with E-state index in [4.69, 9.17) is 0 Å². The number of rotatable bonds is 3. The summed E-state index contributed by atoms with van der Waals surface area (Å²) < 4.78 is 2.75. The Balaban J connectivity index is 1.72. The van der Waals surface area contributed by atoms with Crippen molar-refractivity contribution in [2.45, 2.75) is 6.92 Å². The quantitative estimate of drug-likeness (QED) is 0.489. The molecule has 0 saturated carbocycles. The third-order valence-electron chi connectivity index (χ3n) is 3.89. The zero-order valence-electron chi connectivity index (χ0n) is 13.4. The van der Waals surface area contributed by atoms with Crippen LogP contribution in [0, 0.1) is 6.92 Å². The first-order valence-electron chi connectivity index (χ1n) is 7.74. The summed E-state index contributed by atoms with van der Waals surface area (Å²) in [4.78, 5) is 14.3. The van der Waals surface area contributed by atoms with Crippen molar-refractivity contribution in [1.82, 2.24) is 9.78 Å². The fourth-order valence-corrected chi connectivity index (χ4v) is 4.11. The molecule has 4 nitrogen and oxygen atoms in total. The molecule has 0 fully saturated rings. The zero-order valence-corrected chi connectivity index (χ0v) is 15.8. The third-order valence-corrected chi connectivity index (χ3v) is 5.69. The van der Waals surface area contributed by atoms with E-state index in [-0.39, 0.29) is 5.91 Å². The summed E-state index contributed by atoms with van der Waals surface area (Å²) in [6.07, 6.45) is 0. The average molecular weight is 412 g/mol. The highest BCUT2D eigenvalue weighted by Gasteiger charge is 2.17. The predicted octanol–water partition coefficient (Wildman–Crippen LogP) is 5.41. The molecule has 0 aliphatic heterocycles. The Bertz CT molecular complexity index is 1070. The van der Waals surface area contributed by atoms with Crippen molar-refractivity contribution in [1.29, 1.82) is 0 Å². The Hall–Kier alpha value is -2.44. The van der Waals surface area contributed by atoms with Crippen LogP contribution in [0.3, 0.4) is 0 Å². The number of para-hydroxylation sites is 2. The number of carbonyl (C=O) groups is 1. The number of aromatic nitrogens is 2. The predicted molar refractivity (Wildman–Crippen MR) is 106 cm³/mol. The molecule has 2 heterocycles. The largest absolute Gasteiger partial charge is 0.320 e. The first kappa shape index (κ1) is 16.1. The normalized spacial score (nSPS) is 11.0. The van der Waals surface area contributed by atoms with Gasteiger partial charge in [-0.1, -0.05) is 30.3 Å². The van der Waals surface area contributed by atoms with Crippen molar-refractivity contribution in [3.8, 4) is 5.69 Å². The maximum atomic E-state index is 12.6. The molecule has 2 aromatic heterocycles. The molecule has 0 bridgehead atoms. The molecule has 4 rings (SSSR count). The summed E-state index contributed by atoms with van der Waals surface area (Å²) in [6, 6.07) is 19.4. The number of halogens is 1. The van der Waals surface area contributed by atoms with Crippen molar-refractivity contribution < 1.29 is 4.79 Å². The summed E-state index contributed by atoms with van der Waals surface area (Å²) in [6.45, 7) is 1.96. The minimum Gasteiger partial charge on any atom is -0.320 e. The fourth-order valence-electron chi connectivity index (χ4n) is 2.65. The summed E-state index contributed by atoms with van der Waals surface area (Å²) in [7, 11) is 0. The zero-order chi connectivity index (χ0) is 17.4. The number of hydrogen-bond donors (Lipinski definition) is 1. The SMILES string of the molecule is Cc1nn(-c2ccccc2)c2sc(C(=O)Nc3ccccc3Br)cc12. The van der Waals surface area contributed by atoms with Crippen molar-refractivity contribution in [3.05, 3.63) is 75.7 Å². The van der Waals surface area contributed by atoms with Gasteiger partial charge in [-0.2, -0.15) is 5.10 Å². The lowest BCUT2D eigenvalue weighted by atomic mass is 10.3. The first-order chi connectivity index (χ1) is 12.1. The van der Waals surface area contributed by atoms with Crippen LogP contribution in [0.15, 0.2) is 65.1 Å².